The molecule has 0 bridgehead atoms. The molecule has 0 heterocycles. The first-order chi connectivity index (χ1) is 13.8. The summed E-state index contributed by atoms with van der Waals surface area (Å²) in [7, 11) is -3.69. The molecule has 0 aliphatic carbocycles. The van der Waals surface area contributed by atoms with Crippen LogP contribution >= 0.6 is 23.2 Å². The number of rotatable bonds is 6. The fourth-order valence-electron chi connectivity index (χ4n) is 2.77. The molecule has 3 rings (SSSR count). The van der Waals surface area contributed by atoms with E-state index in [1.807, 2.05) is 0 Å². The minimum atomic E-state index is -3.69. The number of halogens is 2. The standard InChI is InChI=1S/C21H18Cl2N2O3S/c1-2-25(29(27,28)18-6-4-3-5-7-18)17-11-8-15(9-12-17)21(26)24-16-10-13-19(22)20(23)14-16/h3-14H,2H2,1H3,(H,24,26). The van der Waals surface area contributed by atoms with E-state index >= 15 is 0 Å². The van der Waals surface area contributed by atoms with Gasteiger partial charge in [-0.2, -0.15) is 0 Å². The maximum atomic E-state index is 12.9. The van der Waals surface area contributed by atoms with E-state index in [4.69, 9.17) is 23.2 Å². The number of amides is 1. The molecule has 5 nitrogen and oxygen atoms in total. The normalized spacial score (nSPS) is 11.1. The van der Waals surface area contributed by atoms with Gasteiger partial charge in [-0.25, -0.2) is 8.42 Å². The highest BCUT2D eigenvalue weighted by Crippen LogP contribution is 2.26. The highest BCUT2D eigenvalue weighted by Gasteiger charge is 2.23. The van der Waals surface area contributed by atoms with E-state index in [0.717, 1.165) is 0 Å². The van der Waals surface area contributed by atoms with Gasteiger partial charge in [0.1, 0.15) is 0 Å². The van der Waals surface area contributed by atoms with Crippen molar-refractivity contribution in [1.82, 2.24) is 0 Å². The van der Waals surface area contributed by atoms with Gasteiger partial charge in [-0.05, 0) is 61.5 Å². The second-order valence-corrected chi connectivity index (χ2v) is 8.79. The molecule has 0 aliphatic rings. The molecule has 0 atom stereocenters. The van der Waals surface area contributed by atoms with Crippen molar-refractivity contribution in [2.75, 3.05) is 16.2 Å². The van der Waals surface area contributed by atoms with Crippen LogP contribution in [-0.2, 0) is 10.0 Å². The molecule has 8 heteroatoms. The third-order valence-corrected chi connectivity index (χ3v) is 6.87. The van der Waals surface area contributed by atoms with Gasteiger partial charge in [0.15, 0.2) is 0 Å². The molecule has 3 aromatic carbocycles. The van der Waals surface area contributed by atoms with Gasteiger partial charge in [-0.1, -0.05) is 41.4 Å². The van der Waals surface area contributed by atoms with Gasteiger partial charge in [-0.15, -0.1) is 0 Å². The molecule has 1 amide bonds. The number of hydrogen-bond acceptors (Lipinski definition) is 3. The van der Waals surface area contributed by atoms with Crippen molar-refractivity contribution in [3.63, 3.8) is 0 Å². The molecule has 0 spiro atoms. The quantitative estimate of drug-likeness (QED) is 0.544. The number of sulfonamides is 1. The van der Waals surface area contributed by atoms with Gasteiger partial charge in [0.2, 0.25) is 0 Å². The fourth-order valence-corrected chi connectivity index (χ4v) is 4.56. The number of anilines is 2. The summed E-state index contributed by atoms with van der Waals surface area (Å²) in [5.74, 6) is -0.344. The summed E-state index contributed by atoms with van der Waals surface area (Å²) >= 11 is 11.8. The third-order valence-electron chi connectivity index (χ3n) is 4.21. The fraction of sp³-hybridized carbons (Fsp3) is 0.0952. The summed E-state index contributed by atoms with van der Waals surface area (Å²) in [6.07, 6.45) is 0. The summed E-state index contributed by atoms with van der Waals surface area (Å²) in [6.45, 7) is 2.01. The first-order valence-corrected chi connectivity index (χ1v) is 11.0. The molecular formula is C21H18Cl2N2O3S. The zero-order valence-electron chi connectivity index (χ0n) is 15.5. The zero-order valence-corrected chi connectivity index (χ0v) is 17.8. The van der Waals surface area contributed by atoms with Crippen LogP contribution in [0, 0.1) is 0 Å². The average Bonchev–Trinajstić information content (AvgIpc) is 2.72. The van der Waals surface area contributed by atoms with Crippen molar-refractivity contribution in [3.8, 4) is 0 Å². The molecular weight excluding hydrogens is 431 g/mol. The summed E-state index contributed by atoms with van der Waals surface area (Å²) in [5.41, 5.74) is 1.37. The number of carbonyl (C=O) groups excluding carboxylic acids is 1. The van der Waals surface area contributed by atoms with Crippen LogP contribution < -0.4 is 9.62 Å². The maximum Gasteiger partial charge on any atom is 0.264 e. The Bertz CT molecular complexity index is 1120. The van der Waals surface area contributed by atoms with Crippen molar-refractivity contribution in [3.05, 3.63) is 88.4 Å². The molecule has 0 radical (unpaired) electrons. The van der Waals surface area contributed by atoms with Gasteiger partial charge < -0.3 is 5.32 Å². The van der Waals surface area contributed by atoms with E-state index in [2.05, 4.69) is 5.32 Å². The number of carbonyl (C=O) groups is 1. The van der Waals surface area contributed by atoms with Crippen molar-refractivity contribution >= 4 is 50.5 Å². The lowest BCUT2D eigenvalue weighted by Crippen LogP contribution is -2.30. The van der Waals surface area contributed by atoms with Crippen LogP contribution in [0.2, 0.25) is 10.0 Å². The molecule has 0 saturated heterocycles. The smallest absolute Gasteiger partial charge is 0.264 e. The van der Waals surface area contributed by atoms with Crippen molar-refractivity contribution in [2.45, 2.75) is 11.8 Å². The van der Waals surface area contributed by atoms with Gasteiger partial charge in [0, 0.05) is 17.8 Å². The van der Waals surface area contributed by atoms with E-state index in [0.29, 0.717) is 27.0 Å². The van der Waals surface area contributed by atoms with Crippen LogP contribution in [0.3, 0.4) is 0 Å². The summed E-state index contributed by atoms with van der Waals surface area (Å²) in [6, 6.07) is 19.4. The molecule has 0 aliphatic heterocycles. The lowest BCUT2D eigenvalue weighted by Gasteiger charge is -2.23. The van der Waals surface area contributed by atoms with Crippen LogP contribution in [0.25, 0.3) is 0 Å². The number of nitrogens with zero attached hydrogens (tertiary/aromatic N) is 1. The van der Waals surface area contributed by atoms with Gasteiger partial charge in [0.05, 0.1) is 20.6 Å². The monoisotopic (exact) mass is 448 g/mol. The Hall–Kier alpha value is -2.54. The molecule has 0 unspecified atom stereocenters. The van der Waals surface area contributed by atoms with E-state index < -0.39 is 10.0 Å². The van der Waals surface area contributed by atoms with Crippen LogP contribution in [-0.4, -0.2) is 20.9 Å². The van der Waals surface area contributed by atoms with Crippen LogP contribution in [0.1, 0.15) is 17.3 Å². The topological polar surface area (TPSA) is 66.5 Å². The van der Waals surface area contributed by atoms with E-state index in [1.165, 1.54) is 4.31 Å². The van der Waals surface area contributed by atoms with E-state index in [-0.39, 0.29) is 17.3 Å². The molecule has 3 aromatic rings. The molecule has 0 aromatic heterocycles. The Labute approximate surface area is 179 Å². The van der Waals surface area contributed by atoms with Gasteiger partial charge in [0.25, 0.3) is 15.9 Å². The molecule has 0 fully saturated rings. The molecule has 29 heavy (non-hydrogen) atoms. The zero-order chi connectivity index (χ0) is 21.0. The van der Waals surface area contributed by atoms with Gasteiger partial charge in [-0.3, -0.25) is 9.10 Å². The SMILES string of the molecule is CCN(c1ccc(C(=O)Nc2ccc(Cl)c(Cl)c2)cc1)S(=O)(=O)c1ccccc1. The molecule has 150 valence electrons. The highest BCUT2D eigenvalue weighted by molar-refractivity contribution is 7.92. The van der Waals surface area contributed by atoms with E-state index in [1.54, 1.807) is 79.7 Å². The first kappa shape index (κ1) is 21.2. The first-order valence-electron chi connectivity index (χ1n) is 8.77. The second-order valence-electron chi connectivity index (χ2n) is 6.11. The van der Waals surface area contributed by atoms with Crippen LogP contribution in [0.5, 0.6) is 0 Å². The third kappa shape index (κ3) is 4.72. The number of hydrogen-bond donors (Lipinski definition) is 1. The Kier molecular flexibility index (Phi) is 6.47. The average molecular weight is 449 g/mol. The maximum absolute atomic E-state index is 12.9. The molecule has 0 saturated carbocycles. The van der Waals surface area contributed by atoms with Crippen molar-refractivity contribution in [2.24, 2.45) is 0 Å². The predicted molar refractivity (Wildman–Crippen MR) is 118 cm³/mol. The van der Waals surface area contributed by atoms with Crippen LogP contribution in [0.4, 0.5) is 11.4 Å². The molecule has 1 N–H and O–H groups in total. The minimum absolute atomic E-state index is 0.211. The number of nitrogens with one attached hydrogen (secondary N) is 1. The van der Waals surface area contributed by atoms with Crippen molar-refractivity contribution < 1.29 is 13.2 Å². The summed E-state index contributed by atoms with van der Waals surface area (Å²) < 4.78 is 27.1. The summed E-state index contributed by atoms with van der Waals surface area (Å²) in [4.78, 5) is 12.7. The summed E-state index contributed by atoms with van der Waals surface area (Å²) in [5, 5.41) is 3.47. The number of benzene rings is 3. The Morgan fingerprint density at radius 2 is 1.59 bits per heavy atom. The van der Waals surface area contributed by atoms with Crippen LogP contribution in [0.15, 0.2) is 77.7 Å². The lowest BCUT2D eigenvalue weighted by atomic mass is 10.2. The van der Waals surface area contributed by atoms with Gasteiger partial charge >= 0.3 is 0 Å². The lowest BCUT2D eigenvalue weighted by molar-refractivity contribution is 0.102. The Morgan fingerprint density at radius 3 is 2.17 bits per heavy atom. The Balaban J connectivity index is 1.81. The predicted octanol–water partition coefficient (Wildman–Crippen LogP) is 5.46. The van der Waals surface area contributed by atoms with E-state index in [9.17, 15) is 13.2 Å². The minimum Gasteiger partial charge on any atom is -0.322 e. The largest absolute Gasteiger partial charge is 0.322 e. The Morgan fingerprint density at radius 1 is 0.931 bits per heavy atom. The van der Waals surface area contributed by atoms with Crippen molar-refractivity contribution in [1.29, 1.82) is 0 Å². The highest BCUT2D eigenvalue weighted by atomic mass is 35.5. The second kappa shape index (κ2) is 8.86.